The van der Waals surface area contributed by atoms with E-state index < -0.39 is 0 Å². The van der Waals surface area contributed by atoms with E-state index in [1.807, 2.05) is 39.0 Å². The molecular formula is C18H24N4O2S2. The van der Waals surface area contributed by atoms with Crippen LogP contribution in [0.4, 0.5) is 10.8 Å². The minimum absolute atomic E-state index is 0.0345. The summed E-state index contributed by atoms with van der Waals surface area (Å²) < 4.78 is 6.37. The zero-order valence-corrected chi connectivity index (χ0v) is 16.9. The Balaban J connectivity index is 1.51. The molecule has 140 valence electrons. The molecule has 1 aliphatic rings. The molecule has 0 radical (unpaired) electrons. The molecule has 0 bridgehead atoms. The van der Waals surface area contributed by atoms with Gasteiger partial charge < -0.3 is 15.4 Å². The Kier molecular flexibility index (Phi) is 6.50. The molecule has 0 saturated carbocycles. The number of thioether (sulfide) groups is 1. The normalized spacial score (nSPS) is 17.9. The first-order valence-corrected chi connectivity index (χ1v) is 10.4. The van der Waals surface area contributed by atoms with E-state index in [1.165, 1.54) is 23.1 Å². The number of amides is 1. The van der Waals surface area contributed by atoms with Crippen molar-refractivity contribution in [2.75, 3.05) is 23.8 Å². The number of ether oxygens (including phenoxy) is 1. The molecule has 1 aromatic carbocycles. The number of nitrogens with zero attached hydrogens (tertiary/aromatic N) is 2. The fourth-order valence-corrected chi connectivity index (χ4v) is 4.55. The van der Waals surface area contributed by atoms with Gasteiger partial charge in [0.25, 0.3) is 0 Å². The molecule has 1 aliphatic heterocycles. The molecule has 1 saturated heterocycles. The topological polar surface area (TPSA) is 76.1 Å². The zero-order valence-electron chi connectivity index (χ0n) is 15.2. The molecule has 1 amide bonds. The average Bonchev–Trinajstić information content (AvgIpc) is 3.28. The Bertz CT molecular complexity index is 759. The second-order valence-corrected chi connectivity index (χ2v) is 9.02. The molecule has 26 heavy (non-hydrogen) atoms. The van der Waals surface area contributed by atoms with Crippen LogP contribution in [-0.4, -0.2) is 40.6 Å². The van der Waals surface area contributed by atoms with Gasteiger partial charge in [0.2, 0.25) is 11.0 Å². The number of anilines is 2. The SMILES string of the molecule is Cc1ccc(C)c(NC(=O)C(C)Sc2nnc(NCC3CCCO3)s2)c1. The first kappa shape index (κ1) is 19.1. The van der Waals surface area contributed by atoms with Gasteiger partial charge in [-0.05, 0) is 50.8 Å². The van der Waals surface area contributed by atoms with Crippen molar-refractivity contribution < 1.29 is 9.53 Å². The number of carbonyl (C=O) groups excluding carboxylic acids is 1. The van der Waals surface area contributed by atoms with E-state index in [4.69, 9.17) is 4.74 Å². The fourth-order valence-electron chi connectivity index (χ4n) is 2.64. The van der Waals surface area contributed by atoms with Gasteiger partial charge in [-0.3, -0.25) is 4.79 Å². The zero-order chi connectivity index (χ0) is 18.5. The van der Waals surface area contributed by atoms with Gasteiger partial charge in [-0.2, -0.15) is 0 Å². The summed E-state index contributed by atoms with van der Waals surface area (Å²) in [5.41, 5.74) is 3.04. The van der Waals surface area contributed by atoms with Gasteiger partial charge in [-0.15, -0.1) is 10.2 Å². The van der Waals surface area contributed by atoms with Crippen LogP contribution >= 0.6 is 23.1 Å². The predicted molar refractivity (Wildman–Crippen MR) is 107 cm³/mol. The van der Waals surface area contributed by atoms with E-state index >= 15 is 0 Å². The maximum atomic E-state index is 12.5. The van der Waals surface area contributed by atoms with Gasteiger partial charge >= 0.3 is 0 Å². The summed E-state index contributed by atoms with van der Waals surface area (Å²) >= 11 is 2.89. The van der Waals surface area contributed by atoms with E-state index in [0.29, 0.717) is 0 Å². The number of carbonyl (C=O) groups is 1. The van der Waals surface area contributed by atoms with Crippen LogP contribution in [0.2, 0.25) is 0 Å². The lowest BCUT2D eigenvalue weighted by molar-refractivity contribution is -0.115. The van der Waals surface area contributed by atoms with Gasteiger partial charge in [0.15, 0.2) is 4.34 Å². The molecule has 2 atom stereocenters. The third kappa shape index (κ3) is 5.18. The van der Waals surface area contributed by atoms with Crippen LogP contribution in [0.15, 0.2) is 22.5 Å². The summed E-state index contributed by atoms with van der Waals surface area (Å²) in [7, 11) is 0. The molecule has 1 aromatic heterocycles. The number of hydrogen-bond acceptors (Lipinski definition) is 7. The van der Waals surface area contributed by atoms with Crippen molar-refractivity contribution in [3.8, 4) is 0 Å². The first-order valence-electron chi connectivity index (χ1n) is 8.75. The number of nitrogens with one attached hydrogen (secondary N) is 2. The lowest BCUT2D eigenvalue weighted by atomic mass is 10.1. The molecule has 8 heteroatoms. The summed E-state index contributed by atoms with van der Waals surface area (Å²) in [6.07, 6.45) is 2.47. The maximum Gasteiger partial charge on any atom is 0.237 e. The Hall–Kier alpha value is -1.64. The van der Waals surface area contributed by atoms with Crippen LogP contribution in [0.3, 0.4) is 0 Å². The number of rotatable bonds is 7. The van der Waals surface area contributed by atoms with Crippen molar-refractivity contribution >= 4 is 39.8 Å². The second-order valence-electron chi connectivity index (χ2n) is 6.46. The highest BCUT2D eigenvalue weighted by Gasteiger charge is 2.19. The summed E-state index contributed by atoms with van der Waals surface area (Å²) in [5.74, 6) is -0.0345. The molecule has 6 nitrogen and oxygen atoms in total. The van der Waals surface area contributed by atoms with Crippen LogP contribution in [0, 0.1) is 13.8 Å². The van der Waals surface area contributed by atoms with Gasteiger partial charge in [0, 0.05) is 18.8 Å². The molecular weight excluding hydrogens is 368 g/mol. The molecule has 3 rings (SSSR count). The summed E-state index contributed by atoms with van der Waals surface area (Å²) in [6.45, 7) is 7.48. The second kappa shape index (κ2) is 8.83. The van der Waals surface area contributed by atoms with Crippen molar-refractivity contribution in [3.63, 3.8) is 0 Å². The third-order valence-corrected chi connectivity index (χ3v) is 6.27. The Labute approximate surface area is 162 Å². The van der Waals surface area contributed by atoms with Gasteiger partial charge in [-0.1, -0.05) is 35.2 Å². The Morgan fingerprint density at radius 1 is 1.42 bits per heavy atom. The summed E-state index contributed by atoms with van der Waals surface area (Å²) in [4.78, 5) is 12.5. The third-order valence-electron chi connectivity index (χ3n) is 4.21. The van der Waals surface area contributed by atoms with Crippen LogP contribution < -0.4 is 10.6 Å². The van der Waals surface area contributed by atoms with Gasteiger partial charge in [-0.25, -0.2) is 0 Å². The molecule has 2 heterocycles. The largest absolute Gasteiger partial charge is 0.376 e. The smallest absolute Gasteiger partial charge is 0.237 e. The monoisotopic (exact) mass is 392 g/mol. The average molecular weight is 393 g/mol. The van der Waals surface area contributed by atoms with Crippen LogP contribution in [0.25, 0.3) is 0 Å². The summed E-state index contributed by atoms with van der Waals surface area (Å²) in [5, 5.41) is 15.1. The van der Waals surface area contributed by atoms with E-state index in [-0.39, 0.29) is 17.3 Å². The van der Waals surface area contributed by atoms with Crippen LogP contribution in [-0.2, 0) is 9.53 Å². The van der Waals surface area contributed by atoms with Crippen molar-refractivity contribution in [1.82, 2.24) is 10.2 Å². The highest BCUT2D eigenvalue weighted by molar-refractivity contribution is 8.02. The van der Waals surface area contributed by atoms with Crippen LogP contribution in [0.5, 0.6) is 0 Å². The Morgan fingerprint density at radius 2 is 2.27 bits per heavy atom. The molecule has 2 aromatic rings. The number of aromatic nitrogens is 2. The fraction of sp³-hybridized carbons (Fsp3) is 0.500. The molecule has 1 fully saturated rings. The van der Waals surface area contributed by atoms with Crippen molar-refractivity contribution in [1.29, 1.82) is 0 Å². The summed E-state index contributed by atoms with van der Waals surface area (Å²) in [6, 6.07) is 6.04. The number of aryl methyl sites for hydroxylation is 2. The number of hydrogen-bond donors (Lipinski definition) is 2. The highest BCUT2D eigenvalue weighted by atomic mass is 32.2. The predicted octanol–water partition coefficient (Wildman–Crippen LogP) is 3.87. The van der Waals surface area contributed by atoms with E-state index in [1.54, 1.807) is 0 Å². The molecule has 0 spiro atoms. The lowest BCUT2D eigenvalue weighted by Gasteiger charge is -2.12. The molecule has 0 aliphatic carbocycles. The Morgan fingerprint density at radius 3 is 3.04 bits per heavy atom. The van der Waals surface area contributed by atoms with Crippen molar-refractivity contribution in [3.05, 3.63) is 29.3 Å². The van der Waals surface area contributed by atoms with Gasteiger partial charge in [0.05, 0.1) is 11.4 Å². The quantitative estimate of drug-likeness (QED) is 0.697. The van der Waals surface area contributed by atoms with Crippen molar-refractivity contribution in [2.24, 2.45) is 0 Å². The van der Waals surface area contributed by atoms with E-state index in [9.17, 15) is 4.79 Å². The minimum atomic E-state index is -0.256. The molecule has 2 unspecified atom stereocenters. The minimum Gasteiger partial charge on any atom is -0.376 e. The lowest BCUT2D eigenvalue weighted by Crippen LogP contribution is -2.22. The maximum absolute atomic E-state index is 12.5. The van der Waals surface area contributed by atoms with E-state index in [2.05, 4.69) is 20.8 Å². The highest BCUT2D eigenvalue weighted by Crippen LogP contribution is 2.30. The number of benzene rings is 1. The van der Waals surface area contributed by atoms with Crippen LogP contribution in [0.1, 0.15) is 30.9 Å². The first-order chi connectivity index (χ1) is 12.5. The molecule has 2 N–H and O–H groups in total. The van der Waals surface area contributed by atoms with Crippen molar-refractivity contribution in [2.45, 2.75) is 49.3 Å². The standard InChI is InChI=1S/C18H24N4O2S2/c1-11-6-7-12(2)15(9-11)20-16(23)13(3)25-18-22-21-17(26-18)19-10-14-5-4-8-24-14/h6-7,9,13-14H,4-5,8,10H2,1-3H3,(H,19,21)(H,20,23). The van der Waals surface area contributed by atoms with Gasteiger partial charge in [0.1, 0.15) is 0 Å². The van der Waals surface area contributed by atoms with E-state index in [0.717, 1.165) is 52.3 Å².